The molecule has 0 aromatic carbocycles. The minimum absolute atomic E-state index is 0.135. The summed E-state index contributed by atoms with van der Waals surface area (Å²) in [6.07, 6.45) is 4.66. The molecule has 18 heavy (non-hydrogen) atoms. The van der Waals surface area contributed by atoms with Gasteiger partial charge < -0.3 is 19.9 Å². The average molecular weight is 252 g/mol. The zero-order valence-corrected chi connectivity index (χ0v) is 11.4. The highest BCUT2D eigenvalue weighted by molar-refractivity contribution is 5.34. The van der Waals surface area contributed by atoms with Gasteiger partial charge in [0.05, 0.1) is 18.4 Å². The summed E-state index contributed by atoms with van der Waals surface area (Å²) < 4.78 is 7.86. The van der Waals surface area contributed by atoms with E-state index in [1.54, 1.807) is 0 Å². The van der Waals surface area contributed by atoms with E-state index in [9.17, 15) is 0 Å². The van der Waals surface area contributed by atoms with Crippen LogP contribution in [0.1, 0.15) is 25.5 Å². The Bertz CT molecular complexity index is 377. The number of morpholine rings is 1. The van der Waals surface area contributed by atoms with Crippen LogP contribution in [0.15, 0.2) is 6.20 Å². The van der Waals surface area contributed by atoms with Crippen LogP contribution >= 0.6 is 0 Å². The lowest BCUT2D eigenvalue weighted by atomic mass is 10.3. The largest absolute Gasteiger partial charge is 0.373 e. The van der Waals surface area contributed by atoms with Gasteiger partial charge in [-0.1, -0.05) is 13.3 Å². The normalized spacial score (nSPS) is 20.4. The fourth-order valence-electron chi connectivity index (χ4n) is 2.32. The van der Waals surface area contributed by atoms with E-state index in [4.69, 9.17) is 10.5 Å². The molecule has 1 aromatic rings. The molecule has 0 radical (unpaired) electrons. The lowest BCUT2D eigenvalue weighted by Gasteiger charge is -2.33. The number of imidazole rings is 1. The number of nitrogens with two attached hydrogens (primary N) is 1. The molecule has 102 valence electrons. The minimum atomic E-state index is 0.135. The van der Waals surface area contributed by atoms with E-state index in [-0.39, 0.29) is 6.10 Å². The number of rotatable bonds is 5. The molecule has 2 N–H and O–H groups in total. The highest BCUT2D eigenvalue weighted by atomic mass is 16.5. The fourth-order valence-corrected chi connectivity index (χ4v) is 2.32. The summed E-state index contributed by atoms with van der Waals surface area (Å²) in [7, 11) is 0. The molecule has 1 aromatic heterocycles. The van der Waals surface area contributed by atoms with Gasteiger partial charge in [-0.05, 0) is 13.3 Å². The summed E-state index contributed by atoms with van der Waals surface area (Å²) in [6, 6.07) is 0. The van der Waals surface area contributed by atoms with Crippen LogP contribution in [0.2, 0.25) is 0 Å². The summed E-state index contributed by atoms with van der Waals surface area (Å²) in [5, 5.41) is 0. The summed E-state index contributed by atoms with van der Waals surface area (Å²) >= 11 is 0. The van der Waals surface area contributed by atoms with Gasteiger partial charge in [0.2, 0.25) is 5.95 Å². The molecule has 1 aliphatic heterocycles. The molecule has 5 nitrogen and oxygen atoms in total. The molecular formula is C13H24N4O. The second kappa shape index (κ2) is 6.20. The van der Waals surface area contributed by atoms with Crippen molar-refractivity contribution < 1.29 is 4.74 Å². The molecule has 0 bridgehead atoms. The molecule has 0 spiro atoms. The Hall–Kier alpha value is -1.07. The van der Waals surface area contributed by atoms with Gasteiger partial charge in [0.25, 0.3) is 0 Å². The molecule has 1 saturated heterocycles. The molecule has 2 rings (SSSR count). The predicted octanol–water partition coefficient (Wildman–Crippen LogP) is 1.16. The maximum atomic E-state index is 5.69. The molecule has 5 heteroatoms. The highest BCUT2D eigenvalue weighted by Gasteiger charge is 2.22. The van der Waals surface area contributed by atoms with Gasteiger partial charge in [-0.15, -0.1) is 0 Å². The van der Waals surface area contributed by atoms with Crippen LogP contribution < -0.4 is 10.6 Å². The zero-order valence-electron chi connectivity index (χ0n) is 11.4. The minimum Gasteiger partial charge on any atom is -0.373 e. The number of hydrogen-bond donors (Lipinski definition) is 1. The first-order valence-corrected chi connectivity index (χ1v) is 6.85. The van der Waals surface area contributed by atoms with Crippen LogP contribution in [0, 0.1) is 6.92 Å². The van der Waals surface area contributed by atoms with Gasteiger partial charge in [-0.2, -0.15) is 0 Å². The van der Waals surface area contributed by atoms with Crippen molar-refractivity contribution in [3.05, 3.63) is 11.9 Å². The Kier molecular flexibility index (Phi) is 4.60. The smallest absolute Gasteiger partial charge is 0.205 e. The van der Waals surface area contributed by atoms with Crippen molar-refractivity contribution in [3.8, 4) is 0 Å². The molecular weight excluding hydrogens is 228 g/mol. The molecule has 0 amide bonds. The van der Waals surface area contributed by atoms with Gasteiger partial charge in [-0.3, -0.25) is 0 Å². The number of aryl methyl sites for hydroxylation is 2. The molecule has 1 atom stereocenters. The van der Waals surface area contributed by atoms with Gasteiger partial charge in [0, 0.05) is 32.4 Å². The number of aromatic nitrogens is 2. The van der Waals surface area contributed by atoms with Crippen LogP contribution in [0.3, 0.4) is 0 Å². The van der Waals surface area contributed by atoms with Crippen molar-refractivity contribution in [1.29, 1.82) is 0 Å². The number of ether oxygens (including phenoxy) is 1. The first-order valence-electron chi connectivity index (χ1n) is 6.85. The maximum absolute atomic E-state index is 5.69. The Balaban J connectivity index is 2.10. The van der Waals surface area contributed by atoms with Crippen molar-refractivity contribution in [2.24, 2.45) is 5.73 Å². The summed E-state index contributed by atoms with van der Waals surface area (Å²) in [5.41, 5.74) is 6.77. The van der Waals surface area contributed by atoms with Crippen LogP contribution in [-0.2, 0) is 11.3 Å². The lowest BCUT2D eigenvalue weighted by molar-refractivity contribution is 0.0457. The third-order valence-corrected chi connectivity index (χ3v) is 3.31. The highest BCUT2D eigenvalue weighted by Crippen LogP contribution is 2.18. The molecule has 0 saturated carbocycles. The van der Waals surface area contributed by atoms with E-state index < -0.39 is 0 Å². The summed E-state index contributed by atoms with van der Waals surface area (Å²) in [5.74, 6) is 1.07. The molecule has 1 aliphatic rings. The number of hydrogen-bond acceptors (Lipinski definition) is 4. The maximum Gasteiger partial charge on any atom is 0.205 e. The predicted molar refractivity (Wildman–Crippen MR) is 72.9 cm³/mol. The number of unbranched alkanes of at least 4 members (excludes halogenated alkanes) is 1. The van der Waals surface area contributed by atoms with Gasteiger partial charge in [-0.25, -0.2) is 4.98 Å². The fraction of sp³-hybridized carbons (Fsp3) is 0.769. The Morgan fingerprint density at radius 2 is 2.39 bits per heavy atom. The third kappa shape index (κ3) is 3.03. The van der Waals surface area contributed by atoms with Crippen molar-refractivity contribution in [2.75, 3.05) is 31.1 Å². The van der Waals surface area contributed by atoms with Crippen LogP contribution in [0.5, 0.6) is 0 Å². The Labute approximate surface area is 109 Å². The second-order valence-electron chi connectivity index (χ2n) is 4.90. The Morgan fingerprint density at radius 3 is 3.11 bits per heavy atom. The summed E-state index contributed by atoms with van der Waals surface area (Å²) in [4.78, 5) is 6.94. The first kappa shape index (κ1) is 13.4. The van der Waals surface area contributed by atoms with Crippen LogP contribution in [-0.4, -0.2) is 41.9 Å². The van der Waals surface area contributed by atoms with Gasteiger partial charge in [0.15, 0.2) is 0 Å². The zero-order chi connectivity index (χ0) is 13.0. The van der Waals surface area contributed by atoms with E-state index >= 15 is 0 Å². The van der Waals surface area contributed by atoms with E-state index in [1.807, 2.05) is 6.92 Å². The van der Waals surface area contributed by atoms with Crippen LogP contribution in [0.25, 0.3) is 0 Å². The lowest BCUT2D eigenvalue weighted by Crippen LogP contribution is -2.46. The molecule has 1 unspecified atom stereocenters. The van der Waals surface area contributed by atoms with Crippen molar-refractivity contribution >= 4 is 5.95 Å². The van der Waals surface area contributed by atoms with Crippen molar-refractivity contribution in [3.63, 3.8) is 0 Å². The van der Waals surface area contributed by atoms with E-state index in [0.717, 1.165) is 37.9 Å². The van der Waals surface area contributed by atoms with E-state index in [1.165, 1.54) is 12.8 Å². The van der Waals surface area contributed by atoms with Crippen molar-refractivity contribution in [1.82, 2.24) is 9.55 Å². The van der Waals surface area contributed by atoms with Crippen LogP contribution in [0.4, 0.5) is 5.95 Å². The van der Waals surface area contributed by atoms with E-state index in [0.29, 0.717) is 6.54 Å². The number of nitrogens with zero attached hydrogens (tertiary/aromatic N) is 3. The topological polar surface area (TPSA) is 56.3 Å². The summed E-state index contributed by atoms with van der Waals surface area (Å²) in [6.45, 7) is 8.36. The monoisotopic (exact) mass is 252 g/mol. The second-order valence-corrected chi connectivity index (χ2v) is 4.90. The average Bonchev–Trinajstić information content (AvgIpc) is 2.77. The van der Waals surface area contributed by atoms with E-state index in [2.05, 4.69) is 27.6 Å². The molecule has 0 aliphatic carbocycles. The van der Waals surface area contributed by atoms with Gasteiger partial charge in [0.1, 0.15) is 0 Å². The quantitative estimate of drug-likeness (QED) is 0.854. The van der Waals surface area contributed by atoms with Crippen molar-refractivity contribution in [2.45, 2.75) is 39.3 Å². The molecule has 1 fully saturated rings. The molecule has 2 heterocycles. The number of anilines is 1. The third-order valence-electron chi connectivity index (χ3n) is 3.31. The Morgan fingerprint density at radius 1 is 1.56 bits per heavy atom. The van der Waals surface area contributed by atoms with Gasteiger partial charge >= 0.3 is 0 Å². The standard InChI is InChI=1S/C13H24N4O/c1-3-4-5-16-9-11(2)15-13(16)17-6-7-18-12(8-14)10-17/h9,12H,3-8,10,14H2,1-2H3. The first-order chi connectivity index (χ1) is 8.74. The SMILES string of the molecule is CCCCn1cc(C)nc1N1CCOC(CN)C1.